The van der Waals surface area contributed by atoms with Gasteiger partial charge >= 0.3 is 0 Å². The van der Waals surface area contributed by atoms with Gasteiger partial charge in [0.05, 0.1) is 12.8 Å². The fourth-order valence-electron chi connectivity index (χ4n) is 1.78. The second-order valence-corrected chi connectivity index (χ2v) is 3.76. The lowest BCUT2D eigenvalue weighted by molar-refractivity contribution is 0.400. The molecule has 0 aliphatic carbocycles. The first-order valence-electron chi connectivity index (χ1n) is 5.01. The fourth-order valence-corrected chi connectivity index (χ4v) is 1.78. The van der Waals surface area contributed by atoms with Gasteiger partial charge in [-0.2, -0.15) is 4.98 Å². The third-order valence-corrected chi connectivity index (χ3v) is 2.62. The first-order chi connectivity index (χ1) is 7.20. The van der Waals surface area contributed by atoms with E-state index in [4.69, 9.17) is 16.2 Å². The van der Waals surface area contributed by atoms with Crippen molar-refractivity contribution in [3.63, 3.8) is 0 Å². The molecule has 1 aliphatic heterocycles. The van der Waals surface area contributed by atoms with Gasteiger partial charge in [0.25, 0.3) is 0 Å². The second kappa shape index (κ2) is 3.94. The Morgan fingerprint density at radius 3 is 2.93 bits per heavy atom. The monoisotopic (exact) mass is 208 g/mol. The first kappa shape index (κ1) is 10.0. The van der Waals surface area contributed by atoms with E-state index >= 15 is 0 Å². The molecule has 0 spiro atoms. The molecule has 0 saturated carbocycles. The number of hydrogen-bond acceptors (Lipinski definition) is 5. The van der Waals surface area contributed by atoms with Gasteiger partial charge in [0, 0.05) is 19.1 Å². The number of nitrogens with two attached hydrogens (primary N) is 2. The zero-order valence-corrected chi connectivity index (χ0v) is 8.81. The molecule has 1 aromatic heterocycles. The number of anilines is 2. The Labute approximate surface area is 89.0 Å². The molecule has 1 fully saturated rings. The van der Waals surface area contributed by atoms with Gasteiger partial charge in [-0.05, 0) is 18.6 Å². The minimum absolute atomic E-state index is 0.246. The third kappa shape index (κ3) is 1.97. The Bertz CT molecular complexity index is 355. The summed E-state index contributed by atoms with van der Waals surface area (Å²) in [6.45, 7) is 1.79. The van der Waals surface area contributed by atoms with Crippen LogP contribution in [0.2, 0.25) is 0 Å². The summed E-state index contributed by atoms with van der Waals surface area (Å²) in [5, 5.41) is 0. The van der Waals surface area contributed by atoms with E-state index in [0.717, 1.165) is 25.3 Å². The molecule has 5 nitrogen and oxygen atoms in total. The van der Waals surface area contributed by atoms with Gasteiger partial charge in [-0.3, -0.25) is 0 Å². The molecule has 4 N–H and O–H groups in total. The van der Waals surface area contributed by atoms with Crippen molar-refractivity contribution in [2.75, 3.05) is 30.8 Å². The van der Waals surface area contributed by atoms with Crippen molar-refractivity contribution < 1.29 is 4.74 Å². The van der Waals surface area contributed by atoms with Crippen LogP contribution in [0.5, 0.6) is 5.88 Å². The maximum atomic E-state index is 5.84. The number of pyridine rings is 1. The molecule has 15 heavy (non-hydrogen) atoms. The van der Waals surface area contributed by atoms with Crippen LogP contribution in [0.15, 0.2) is 12.1 Å². The molecule has 0 amide bonds. The first-order valence-corrected chi connectivity index (χ1v) is 5.01. The van der Waals surface area contributed by atoms with Gasteiger partial charge < -0.3 is 21.1 Å². The number of methoxy groups -OCH3 is 1. The normalized spacial score (nSPS) is 20.7. The van der Waals surface area contributed by atoms with E-state index in [-0.39, 0.29) is 6.04 Å². The highest BCUT2D eigenvalue weighted by Crippen LogP contribution is 2.24. The minimum Gasteiger partial charge on any atom is -0.479 e. The van der Waals surface area contributed by atoms with E-state index in [9.17, 15) is 0 Å². The lowest BCUT2D eigenvalue weighted by Gasteiger charge is -2.17. The van der Waals surface area contributed by atoms with Crippen LogP contribution in [0, 0.1) is 0 Å². The minimum atomic E-state index is 0.246. The fraction of sp³-hybridized carbons (Fsp3) is 0.500. The highest BCUT2D eigenvalue weighted by Gasteiger charge is 2.20. The predicted octanol–water partition coefficient (Wildman–Crippen LogP) is 0.210. The Balaban J connectivity index is 2.21. The molecule has 2 heterocycles. The van der Waals surface area contributed by atoms with E-state index in [1.54, 1.807) is 7.11 Å². The Morgan fingerprint density at radius 1 is 1.53 bits per heavy atom. The third-order valence-electron chi connectivity index (χ3n) is 2.62. The maximum absolute atomic E-state index is 5.84. The molecule has 2 rings (SSSR count). The van der Waals surface area contributed by atoms with E-state index < -0.39 is 0 Å². The smallest absolute Gasteiger partial charge is 0.238 e. The lowest BCUT2D eigenvalue weighted by atomic mass is 10.3. The molecule has 1 atom stereocenters. The van der Waals surface area contributed by atoms with Gasteiger partial charge in [0.15, 0.2) is 0 Å². The lowest BCUT2D eigenvalue weighted by Crippen LogP contribution is -2.26. The summed E-state index contributed by atoms with van der Waals surface area (Å²) in [5.74, 6) is 1.36. The van der Waals surface area contributed by atoms with Gasteiger partial charge in [0.1, 0.15) is 5.82 Å². The number of hydrogen-bond donors (Lipinski definition) is 2. The summed E-state index contributed by atoms with van der Waals surface area (Å²) in [5.41, 5.74) is 12.1. The van der Waals surface area contributed by atoms with Crippen LogP contribution in [-0.2, 0) is 0 Å². The van der Waals surface area contributed by atoms with E-state index in [1.165, 1.54) is 0 Å². The molecular weight excluding hydrogens is 192 g/mol. The number of rotatable bonds is 2. The average molecular weight is 208 g/mol. The molecule has 1 aliphatic rings. The molecule has 1 aromatic rings. The predicted molar refractivity (Wildman–Crippen MR) is 60.0 cm³/mol. The van der Waals surface area contributed by atoms with Crippen LogP contribution in [-0.4, -0.2) is 31.2 Å². The Kier molecular flexibility index (Phi) is 2.64. The standard InChI is InChI=1S/C10H16N4O/c1-15-10-8(12)2-3-9(13-10)14-5-4-7(11)6-14/h2-3,7H,4-6,11-12H2,1H3. The Morgan fingerprint density at radius 2 is 2.33 bits per heavy atom. The molecule has 0 bridgehead atoms. The zero-order chi connectivity index (χ0) is 10.8. The summed E-state index contributed by atoms with van der Waals surface area (Å²) >= 11 is 0. The van der Waals surface area contributed by atoms with Crippen molar-refractivity contribution in [1.29, 1.82) is 0 Å². The number of nitrogen functional groups attached to an aromatic ring is 1. The molecular formula is C10H16N4O. The van der Waals surface area contributed by atoms with Crippen molar-refractivity contribution in [2.24, 2.45) is 5.73 Å². The van der Waals surface area contributed by atoms with Crippen LogP contribution >= 0.6 is 0 Å². The molecule has 0 aromatic carbocycles. The molecule has 5 heteroatoms. The quantitative estimate of drug-likeness (QED) is 0.726. The number of ether oxygens (including phenoxy) is 1. The number of nitrogens with zero attached hydrogens (tertiary/aromatic N) is 2. The largest absolute Gasteiger partial charge is 0.479 e. The molecule has 0 radical (unpaired) electrons. The summed E-state index contributed by atoms with van der Waals surface area (Å²) in [6.07, 6.45) is 1.01. The van der Waals surface area contributed by atoms with Gasteiger partial charge in [-0.15, -0.1) is 0 Å². The SMILES string of the molecule is COc1nc(N2CCC(N)C2)ccc1N. The van der Waals surface area contributed by atoms with Crippen LogP contribution in [0.4, 0.5) is 11.5 Å². The summed E-state index contributed by atoms with van der Waals surface area (Å²) in [6, 6.07) is 3.95. The van der Waals surface area contributed by atoms with E-state index in [2.05, 4.69) is 9.88 Å². The van der Waals surface area contributed by atoms with Crippen molar-refractivity contribution in [3.8, 4) is 5.88 Å². The number of aromatic nitrogens is 1. The Hall–Kier alpha value is -1.49. The van der Waals surface area contributed by atoms with Gasteiger partial charge in [-0.25, -0.2) is 0 Å². The maximum Gasteiger partial charge on any atom is 0.238 e. The zero-order valence-electron chi connectivity index (χ0n) is 8.81. The van der Waals surface area contributed by atoms with Crippen molar-refractivity contribution in [1.82, 2.24) is 4.98 Å². The van der Waals surface area contributed by atoms with Gasteiger partial charge in [-0.1, -0.05) is 0 Å². The topological polar surface area (TPSA) is 77.4 Å². The molecule has 1 saturated heterocycles. The van der Waals surface area contributed by atoms with Gasteiger partial charge in [0.2, 0.25) is 5.88 Å². The van der Waals surface area contributed by atoms with Crippen molar-refractivity contribution in [3.05, 3.63) is 12.1 Å². The molecule has 82 valence electrons. The summed E-state index contributed by atoms with van der Waals surface area (Å²) in [4.78, 5) is 6.48. The second-order valence-electron chi connectivity index (χ2n) is 3.76. The van der Waals surface area contributed by atoms with Crippen LogP contribution < -0.4 is 21.1 Å². The van der Waals surface area contributed by atoms with Crippen LogP contribution in [0.3, 0.4) is 0 Å². The summed E-state index contributed by atoms with van der Waals surface area (Å²) < 4.78 is 5.08. The van der Waals surface area contributed by atoms with E-state index in [0.29, 0.717) is 11.6 Å². The van der Waals surface area contributed by atoms with Crippen LogP contribution in [0.25, 0.3) is 0 Å². The van der Waals surface area contributed by atoms with Crippen molar-refractivity contribution in [2.45, 2.75) is 12.5 Å². The summed E-state index contributed by atoms with van der Waals surface area (Å²) in [7, 11) is 1.57. The average Bonchev–Trinajstić information content (AvgIpc) is 2.66. The van der Waals surface area contributed by atoms with E-state index in [1.807, 2.05) is 12.1 Å². The highest BCUT2D eigenvalue weighted by atomic mass is 16.5. The highest BCUT2D eigenvalue weighted by molar-refractivity contribution is 5.54. The van der Waals surface area contributed by atoms with Crippen LogP contribution in [0.1, 0.15) is 6.42 Å². The molecule has 1 unspecified atom stereocenters. The van der Waals surface area contributed by atoms with Crippen molar-refractivity contribution >= 4 is 11.5 Å².